The fraction of sp³-hybridized carbons (Fsp3) is 0.250. The second kappa shape index (κ2) is 6.26. The molecule has 0 saturated heterocycles. The standard InChI is InChI=1S/C16H18N2O3/c1-4-17-13-8-14(18(19)20)10-15(9-13)21-16-7-11(2)5-6-12(16)3/h5-10,17H,4H2,1-3H3. The van der Waals surface area contributed by atoms with Crippen LogP contribution in [0.4, 0.5) is 11.4 Å². The highest BCUT2D eigenvalue weighted by molar-refractivity contribution is 5.57. The molecule has 0 heterocycles. The van der Waals surface area contributed by atoms with Crippen LogP contribution in [-0.4, -0.2) is 11.5 Å². The number of nitro benzene ring substituents is 1. The lowest BCUT2D eigenvalue weighted by Crippen LogP contribution is -1.99. The Balaban J connectivity index is 2.38. The summed E-state index contributed by atoms with van der Waals surface area (Å²) < 4.78 is 5.82. The van der Waals surface area contributed by atoms with Crippen molar-refractivity contribution in [2.75, 3.05) is 11.9 Å². The van der Waals surface area contributed by atoms with Gasteiger partial charge in [0.25, 0.3) is 5.69 Å². The average Bonchev–Trinajstić information content (AvgIpc) is 2.43. The van der Waals surface area contributed by atoms with Crippen molar-refractivity contribution >= 4 is 11.4 Å². The minimum absolute atomic E-state index is 0.00811. The lowest BCUT2D eigenvalue weighted by molar-refractivity contribution is -0.384. The molecule has 2 aromatic carbocycles. The maximum Gasteiger partial charge on any atom is 0.275 e. The molecule has 0 atom stereocenters. The minimum atomic E-state index is -0.420. The molecule has 0 aliphatic heterocycles. The zero-order valence-corrected chi connectivity index (χ0v) is 12.3. The molecule has 0 spiro atoms. The average molecular weight is 286 g/mol. The Hall–Kier alpha value is -2.56. The first kappa shape index (κ1) is 14.8. The highest BCUT2D eigenvalue weighted by Gasteiger charge is 2.12. The van der Waals surface area contributed by atoms with E-state index in [-0.39, 0.29) is 5.69 Å². The Bertz CT molecular complexity index is 669. The van der Waals surface area contributed by atoms with Gasteiger partial charge in [0.2, 0.25) is 0 Å². The molecular weight excluding hydrogens is 268 g/mol. The second-order valence-corrected chi connectivity index (χ2v) is 4.87. The van der Waals surface area contributed by atoms with Gasteiger partial charge in [-0.25, -0.2) is 0 Å². The van der Waals surface area contributed by atoms with Crippen LogP contribution in [0, 0.1) is 24.0 Å². The van der Waals surface area contributed by atoms with Crippen molar-refractivity contribution in [1.82, 2.24) is 0 Å². The number of anilines is 1. The van der Waals surface area contributed by atoms with Crippen LogP contribution in [0.1, 0.15) is 18.1 Å². The third kappa shape index (κ3) is 3.72. The highest BCUT2D eigenvalue weighted by atomic mass is 16.6. The zero-order valence-electron chi connectivity index (χ0n) is 12.3. The molecule has 0 radical (unpaired) electrons. The fourth-order valence-electron chi connectivity index (χ4n) is 2.00. The van der Waals surface area contributed by atoms with Crippen LogP contribution in [0.2, 0.25) is 0 Å². The van der Waals surface area contributed by atoms with Crippen molar-refractivity contribution in [1.29, 1.82) is 0 Å². The number of nitro groups is 1. The van der Waals surface area contributed by atoms with Crippen LogP contribution in [-0.2, 0) is 0 Å². The van der Waals surface area contributed by atoms with Gasteiger partial charge in [-0.3, -0.25) is 10.1 Å². The summed E-state index contributed by atoms with van der Waals surface area (Å²) in [7, 11) is 0. The second-order valence-electron chi connectivity index (χ2n) is 4.87. The minimum Gasteiger partial charge on any atom is -0.457 e. The Kier molecular flexibility index (Phi) is 4.42. The number of nitrogens with zero attached hydrogens (tertiary/aromatic N) is 1. The van der Waals surface area contributed by atoms with Crippen molar-refractivity contribution in [3.8, 4) is 11.5 Å². The van der Waals surface area contributed by atoms with Gasteiger partial charge in [-0.15, -0.1) is 0 Å². The number of benzene rings is 2. The monoisotopic (exact) mass is 286 g/mol. The van der Waals surface area contributed by atoms with Crippen molar-refractivity contribution < 1.29 is 9.66 Å². The van der Waals surface area contributed by atoms with E-state index in [0.29, 0.717) is 23.7 Å². The molecular formula is C16H18N2O3. The number of non-ortho nitro benzene ring substituents is 1. The normalized spacial score (nSPS) is 10.2. The van der Waals surface area contributed by atoms with Gasteiger partial charge in [-0.05, 0) is 38.0 Å². The van der Waals surface area contributed by atoms with Crippen molar-refractivity contribution in [3.63, 3.8) is 0 Å². The van der Waals surface area contributed by atoms with Gasteiger partial charge >= 0.3 is 0 Å². The first-order valence-electron chi connectivity index (χ1n) is 6.78. The molecule has 5 nitrogen and oxygen atoms in total. The summed E-state index contributed by atoms with van der Waals surface area (Å²) in [6.45, 7) is 6.54. The Labute approximate surface area is 123 Å². The molecule has 0 fully saturated rings. The number of hydrogen-bond donors (Lipinski definition) is 1. The summed E-state index contributed by atoms with van der Waals surface area (Å²) in [5.74, 6) is 1.16. The molecule has 0 aromatic heterocycles. The molecule has 5 heteroatoms. The predicted molar refractivity (Wildman–Crippen MR) is 83.3 cm³/mol. The summed E-state index contributed by atoms with van der Waals surface area (Å²) in [4.78, 5) is 10.6. The van der Waals surface area contributed by atoms with Crippen LogP contribution >= 0.6 is 0 Å². The Morgan fingerprint density at radius 1 is 1.19 bits per heavy atom. The number of hydrogen-bond acceptors (Lipinski definition) is 4. The molecule has 21 heavy (non-hydrogen) atoms. The van der Waals surface area contributed by atoms with Crippen LogP contribution in [0.25, 0.3) is 0 Å². The molecule has 0 unspecified atom stereocenters. The quantitative estimate of drug-likeness (QED) is 0.652. The van der Waals surface area contributed by atoms with E-state index in [1.807, 2.05) is 39.0 Å². The van der Waals surface area contributed by atoms with E-state index >= 15 is 0 Å². The number of aryl methyl sites for hydroxylation is 2. The van der Waals surface area contributed by atoms with Crippen LogP contribution < -0.4 is 10.1 Å². The van der Waals surface area contributed by atoms with Crippen molar-refractivity contribution in [3.05, 3.63) is 57.6 Å². The topological polar surface area (TPSA) is 64.4 Å². The molecule has 0 aliphatic rings. The molecule has 2 rings (SSSR count). The van der Waals surface area contributed by atoms with Gasteiger partial charge < -0.3 is 10.1 Å². The summed E-state index contributed by atoms with van der Waals surface area (Å²) in [5, 5.41) is 14.1. The number of rotatable bonds is 5. The third-order valence-corrected chi connectivity index (χ3v) is 3.05. The maximum absolute atomic E-state index is 11.0. The maximum atomic E-state index is 11.0. The van der Waals surface area contributed by atoms with Crippen LogP contribution in [0.15, 0.2) is 36.4 Å². The van der Waals surface area contributed by atoms with E-state index in [1.54, 1.807) is 6.07 Å². The summed E-state index contributed by atoms with van der Waals surface area (Å²) in [6, 6.07) is 10.6. The van der Waals surface area contributed by atoms with Gasteiger partial charge in [0.15, 0.2) is 0 Å². The highest BCUT2D eigenvalue weighted by Crippen LogP contribution is 2.31. The molecule has 0 saturated carbocycles. The smallest absolute Gasteiger partial charge is 0.275 e. The van der Waals surface area contributed by atoms with E-state index in [2.05, 4.69) is 5.32 Å². The van der Waals surface area contributed by atoms with Gasteiger partial charge in [0, 0.05) is 24.4 Å². The fourth-order valence-corrected chi connectivity index (χ4v) is 2.00. The van der Waals surface area contributed by atoms with Gasteiger partial charge in [-0.2, -0.15) is 0 Å². The molecule has 1 N–H and O–H groups in total. The van der Waals surface area contributed by atoms with E-state index < -0.39 is 4.92 Å². The first-order chi connectivity index (χ1) is 9.99. The van der Waals surface area contributed by atoms with E-state index in [9.17, 15) is 10.1 Å². The SMILES string of the molecule is CCNc1cc(Oc2cc(C)ccc2C)cc([N+](=O)[O-])c1. The molecule has 0 aliphatic carbocycles. The molecule has 0 bridgehead atoms. The van der Waals surface area contributed by atoms with Crippen molar-refractivity contribution in [2.24, 2.45) is 0 Å². The van der Waals surface area contributed by atoms with E-state index in [0.717, 1.165) is 11.1 Å². The summed E-state index contributed by atoms with van der Waals surface area (Å²) in [5.41, 5.74) is 2.74. The predicted octanol–water partition coefficient (Wildman–Crippen LogP) is 4.44. The molecule has 110 valence electrons. The molecule has 0 amide bonds. The number of nitrogens with one attached hydrogen (secondary N) is 1. The van der Waals surface area contributed by atoms with E-state index in [4.69, 9.17) is 4.74 Å². The lowest BCUT2D eigenvalue weighted by atomic mass is 10.1. The molecule has 2 aromatic rings. The van der Waals surface area contributed by atoms with Gasteiger partial charge in [0.1, 0.15) is 11.5 Å². The first-order valence-corrected chi connectivity index (χ1v) is 6.78. The lowest BCUT2D eigenvalue weighted by Gasteiger charge is -2.11. The van der Waals surface area contributed by atoms with E-state index in [1.165, 1.54) is 12.1 Å². The number of ether oxygens (including phenoxy) is 1. The van der Waals surface area contributed by atoms with Crippen LogP contribution in [0.5, 0.6) is 11.5 Å². The Morgan fingerprint density at radius 2 is 1.95 bits per heavy atom. The van der Waals surface area contributed by atoms with Crippen LogP contribution in [0.3, 0.4) is 0 Å². The Morgan fingerprint density at radius 3 is 2.62 bits per heavy atom. The largest absolute Gasteiger partial charge is 0.457 e. The zero-order chi connectivity index (χ0) is 15.4. The summed E-state index contributed by atoms with van der Waals surface area (Å²) >= 11 is 0. The van der Waals surface area contributed by atoms with Gasteiger partial charge in [-0.1, -0.05) is 12.1 Å². The van der Waals surface area contributed by atoms with Crippen molar-refractivity contribution in [2.45, 2.75) is 20.8 Å². The third-order valence-electron chi connectivity index (χ3n) is 3.05. The van der Waals surface area contributed by atoms with Gasteiger partial charge in [0.05, 0.1) is 11.0 Å². The summed E-state index contributed by atoms with van der Waals surface area (Å²) in [6.07, 6.45) is 0.